The molecule has 0 aliphatic carbocycles. The summed E-state index contributed by atoms with van der Waals surface area (Å²) in [5.41, 5.74) is 8.98. The van der Waals surface area contributed by atoms with Crippen molar-refractivity contribution in [2.75, 3.05) is 5.73 Å². The van der Waals surface area contributed by atoms with E-state index in [4.69, 9.17) is 17.3 Å². The van der Waals surface area contributed by atoms with Crippen LogP contribution in [-0.2, 0) is 19.4 Å². The number of aryl methyl sites for hydroxylation is 1. The molecule has 1 aromatic carbocycles. The highest BCUT2D eigenvalue weighted by Gasteiger charge is 2.15. The summed E-state index contributed by atoms with van der Waals surface area (Å²) in [6.45, 7) is 4.31. The van der Waals surface area contributed by atoms with E-state index in [-0.39, 0.29) is 5.82 Å². The van der Waals surface area contributed by atoms with Crippen LogP contribution in [0.3, 0.4) is 0 Å². The number of nitrogen functional groups attached to an aromatic ring is 1. The molecule has 1 aromatic heterocycles. The van der Waals surface area contributed by atoms with E-state index in [1.165, 1.54) is 6.07 Å². The quantitative estimate of drug-likeness (QED) is 0.933. The molecule has 0 bridgehead atoms. The van der Waals surface area contributed by atoms with E-state index in [0.29, 0.717) is 22.8 Å². The van der Waals surface area contributed by atoms with Gasteiger partial charge in [-0.15, -0.1) is 0 Å². The lowest BCUT2D eigenvalue weighted by Gasteiger charge is -2.09. The Kier molecular flexibility index (Phi) is 4.10. The highest BCUT2D eigenvalue weighted by molar-refractivity contribution is 6.31. The smallest absolute Gasteiger partial charge is 0.129 e. The Hall–Kier alpha value is -1.55. The number of aromatic nitrogens is 2. The number of rotatable bonds is 4. The van der Waals surface area contributed by atoms with Gasteiger partial charge in [-0.1, -0.05) is 31.5 Å². The molecule has 0 saturated heterocycles. The second-order valence-corrected chi connectivity index (χ2v) is 4.78. The Labute approximate surface area is 117 Å². The van der Waals surface area contributed by atoms with Crippen molar-refractivity contribution < 1.29 is 4.39 Å². The maximum atomic E-state index is 13.8. The maximum Gasteiger partial charge on any atom is 0.129 e. The monoisotopic (exact) mass is 281 g/mol. The van der Waals surface area contributed by atoms with E-state index in [0.717, 1.165) is 24.2 Å². The molecule has 0 fully saturated rings. The fourth-order valence-electron chi connectivity index (χ4n) is 2.16. The van der Waals surface area contributed by atoms with Crippen LogP contribution in [-0.4, -0.2) is 9.78 Å². The predicted molar refractivity (Wildman–Crippen MR) is 75.9 cm³/mol. The molecule has 0 radical (unpaired) electrons. The highest BCUT2D eigenvalue weighted by atomic mass is 35.5. The minimum absolute atomic E-state index is 0.304. The van der Waals surface area contributed by atoms with Crippen LogP contribution in [0.25, 0.3) is 0 Å². The lowest BCUT2D eigenvalue weighted by molar-refractivity contribution is 0.574. The van der Waals surface area contributed by atoms with Gasteiger partial charge in [-0.3, -0.25) is 4.68 Å². The van der Waals surface area contributed by atoms with Gasteiger partial charge in [0.25, 0.3) is 0 Å². The van der Waals surface area contributed by atoms with Gasteiger partial charge in [-0.2, -0.15) is 5.10 Å². The molecule has 1 heterocycles. The van der Waals surface area contributed by atoms with Crippen molar-refractivity contribution in [1.29, 1.82) is 0 Å². The minimum atomic E-state index is -0.318. The molecule has 2 aromatic rings. The standard InChI is InChI=1S/C14H17ClFN3/c1-3-12-14(17)13(4-2)19(18-12)8-9-10(15)6-5-7-11(9)16/h5-7H,3-4,8,17H2,1-2H3. The average Bonchev–Trinajstić information content (AvgIpc) is 2.69. The summed E-state index contributed by atoms with van der Waals surface area (Å²) in [5, 5.41) is 4.85. The predicted octanol–water partition coefficient (Wildman–Crippen LogP) is 3.43. The molecule has 0 aliphatic heterocycles. The molecule has 0 spiro atoms. The summed E-state index contributed by atoms with van der Waals surface area (Å²) in [5.74, 6) is -0.318. The molecule has 3 nitrogen and oxygen atoms in total. The number of nitrogens with two attached hydrogens (primary N) is 1. The first-order valence-corrected chi connectivity index (χ1v) is 6.73. The van der Waals surface area contributed by atoms with Crippen LogP contribution < -0.4 is 5.73 Å². The summed E-state index contributed by atoms with van der Waals surface area (Å²) in [6, 6.07) is 4.68. The Bertz CT molecular complexity index is 572. The van der Waals surface area contributed by atoms with Crippen molar-refractivity contribution in [3.63, 3.8) is 0 Å². The molecule has 19 heavy (non-hydrogen) atoms. The fraction of sp³-hybridized carbons (Fsp3) is 0.357. The van der Waals surface area contributed by atoms with Gasteiger partial charge >= 0.3 is 0 Å². The molecule has 0 amide bonds. The lowest BCUT2D eigenvalue weighted by Crippen LogP contribution is -2.08. The van der Waals surface area contributed by atoms with Gasteiger partial charge in [0.1, 0.15) is 5.82 Å². The molecular formula is C14H17ClFN3. The number of halogens is 2. The maximum absolute atomic E-state index is 13.8. The van der Waals surface area contributed by atoms with Crippen LogP contribution in [0.2, 0.25) is 5.02 Å². The zero-order valence-corrected chi connectivity index (χ0v) is 11.8. The topological polar surface area (TPSA) is 43.8 Å². The number of anilines is 1. The minimum Gasteiger partial charge on any atom is -0.396 e. The van der Waals surface area contributed by atoms with Gasteiger partial charge in [0.05, 0.1) is 23.6 Å². The molecule has 0 aliphatic rings. The lowest BCUT2D eigenvalue weighted by atomic mass is 10.2. The number of benzene rings is 1. The van der Waals surface area contributed by atoms with E-state index < -0.39 is 0 Å². The first-order chi connectivity index (χ1) is 9.08. The molecule has 0 unspecified atom stereocenters. The molecular weight excluding hydrogens is 265 g/mol. The Balaban J connectivity index is 2.43. The van der Waals surface area contributed by atoms with Crippen molar-refractivity contribution in [2.24, 2.45) is 0 Å². The van der Waals surface area contributed by atoms with E-state index >= 15 is 0 Å². The van der Waals surface area contributed by atoms with Crippen molar-refractivity contribution in [3.8, 4) is 0 Å². The molecule has 0 saturated carbocycles. The third-order valence-corrected chi connectivity index (χ3v) is 3.57. The van der Waals surface area contributed by atoms with Crippen molar-refractivity contribution in [1.82, 2.24) is 9.78 Å². The van der Waals surface area contributed by atoms with Gasteiger partial charge in [0, 0.05) is 10.6 Å². The Morgan fingerprint density at radius 2 is 2.05 bits per heavy atom. The number of hydrogen-bond acceptors (Lipinski definition) is 2. The molecule has 2 N–H and O–H groups in total. The molecule has 5 heteroatoms. The van der Waals surface area contributed by atoms with Crippen molar-refractivity contribution in [2.45, 2.75) is 33.2 Å². The van der Waals surface area contributed by atoms with Gasteiger partial charge < -0.3 is 5.73 Å². The van der Waals surface area contributed by atoms with E-state index in [1.807, 2.05) is 13.8 Å². The summed E-state index contributed by atoms with van der Waals surface area (Å²) < 4.78 is 15.6. The Morgan fingerprint density at radius 3 is 2.63 bits per heavy atom. The Morgan fingerprint density at radius 1 is 1.32 bits per heavy atom. The second kappa shape index (κ2) is 5.61. The van der Waals surface area contributed by atoms with Gasteiger partial charge in [0.2, 0.25) is 0 Å². The van der Waals surface area contributed by atoms with Crippen LogP contribution in [0.15, 0.2) is 18.2 Å². The highest BCUT2D eigenvalue weighted by Crippen LogP contribution is 2.24. The summed E-state index contributed by atoms with van der Waals surface area (Å²) >= 11 is 6.04. The molecule has 0 atom stereocenters. The third kappa shape index (κ3) is 2.59. The zero-order chi connectivity index (χ0) is 14.0. The van der Waals surface area contributed by atoms with E-state index in [2.05, 4.69) is 5.10 Å². The molecule has 102 valence electrons. The summed E-state index contributed by atoms with van der Waals surface area (Å²) in [6.07, 6.45) is 1.52. The van der Waals surface area contributed by atoms with Crippen LogP contribution in [0, 0.1) is 5.82 Å². The van der Waals surface area contributed by atoms with Crippen LogP contribution in [0.1, 0.15) is 30.8 Å². The van der Waals surface area contributed by atoms with Crippen molar-refractivity contribution in [3.05, 3.63) is 46.0 Å². The first kappa shape index (κ1) is 13.9. The van der Waals surface area contributed by atoms with Gasteiger partial charge in [0.15, 0.2) is 0 Å². The zero-order valence-electron chi connectivity index (χ0n) is 11.1. The largest absolute Gasteiger partial charge is 0.396 e. The SMILES string of the molecule is CCc1nn(Cc2c(F)cccc2Cl)c(CC)c1N. The van der Waals surface area contributed by atoms with Crippen LogP contribution >= 0.6 is 11.6 Å². The van der Waals surface area contributed by atoms with Gasteiger partial charge in [-0.25, -0.2) is 4.39 Å². The van der Waals surface area contributed by atoms with E-state index in [9.17, 15) is 4.39 Å². The van der Waals surface area contributed by atoms with Crippen LogP contribution in [0.5, 0.6) is 0 Å². The fourth-order valence-corrected chi connectivity index (χ4v) is 2.39. The van der Waals surface area contributed by atoms with Crippen LogP contribution in [0.4, 0.5) is 10.1 Å². The van der Waals surface area contributed by atoms with Gasteiger partial charge in [-0.05, 0) is 25.0 Å². The summed E-state index contributed by atoms with van der Waals surface area (Å²) in [4.78, 5) is 0. The van der Waals surface area contributed by atoms with Crippen molar-refractivity contribution >= 4 is 17.3 Å². The number of hydrogen-bond donors (Lipinski definition) is 1. The molecule has 2 rings (SSSR count). The normalized spacial score (nSPS) is 10.9. The third-order valence-electron chi connectivity index (χ3n) is 3.21. The average molecular weight is 282 g/mol. The first-order valence-electron chi connectivity index (χ1n) is 6.35. The van der Waals surface area contributed by atoms with E-state index in [1.54, 1.807) is 16.8 Å². The summed E-state index contributed by atoms with van der Waals surface area (Å²) in [7, 11) is 0. The number of nitrogens with zero attached hydrogens (tertiary/aromatic N) is 2. The second-order valence-electron chi connectivity index (χ2n) is 4.37.